The summed E-state index contributed by atoms with van der Waals surface area (Å²) in [5.41, 5.74) is 3.55. The molecule has 28 heavy (non-hydrogen) atoms. The number of benzene rings is 2. The van der Waals surface area contributed by atoms with Crippen molar-refractivity contribution >= 4 is 17.3 Å². The molecule has 0 aromatic heterocycles. The van der Waals surface area contributed by atoms with Crippen LogP contribution in [-0.4, -0.2) is 37.0 Å². The highest BCUT2D eigenvalue weighted by molar-refractivity contribution is 5.95. The first-order valence-electron chi connectivity index (χ1n) is 9.93. The molecular weight excluding hydrogens is 348 g/mol. The number of para-hydroxylation sites is 2. The second kappa shape index (κ2) is 9.38. The lowest BCUT2D eigenvalue weighted by Crippen LogP contribution is -2.39. The van der Waals surface area contributed by atoms with E-state index in [1.165, 1.54) is 30.5 Å². The summed E-state index contributed by atoms with van der Waals surface area (Å²) in [6, 6.07) is 17.4. The average Bonchev–Trinajstić information content (AvgIpc) is 2.74. The molecule has 0 saturated carbocycles. The molecule has 2 aromatic carbocycles. The number of nitrogens with one attached hydrogen (secondary N) is 1. The van der Waals surface area contributed by atoms with Crippen molar-refractivity contribution < 1.29 is 4.79 Å². The highest BCUT2D eigenvalue weighted by Crippen LogP contribution is 2.25. The number of rotatable bonds is 6. The molecule has 0 aliphatic carbocycles. The highest BCUT2D eigenvalue weighted by Gasteiger charge is 2.21. The summed E-state index contributed by atoms with van der Waals surface area (Å²) in [6.07, 6.45) is 3.78. The van der Waals surface area contributed by atoms with Crippen molar-refractivity contribution in [2.45, 2.75) is 38.8 Å². The van der Waals surface area contributed by atoms with Crippen LogP contribution in [0.5, 0.6) is 0 Å². The summed E-state index contributed by atoms with van der Waals surface area (Å²) in [6.45, 7) is 4.79. The van der Waals surface area contributed by atoms with Gasteiger partial charge >= 0.3 is 0 Å². The molecule has 1 heterocycles. The SMILES string of the molecule is C[C@H](C(=O)Nc1ccccc1C#N)N(C)Cc1ccccc1N1CCCCC1. The van der Waals surface area contributed by atoms with Gasteiger partial charge in [0.1, 0.15) is 6.07 Å². The van der Waals surface area contributed by atoms with Crippen molar-refractivity contribution in [2.24, 2.45) is 0 Å². The third-order valence-electron chi connectivity index (χ3n) is 5.45. The number of nitrogens with zero attached hydrogens (tertiary/aromatic N) is 3. The first-order valence-corrected chi connectivity index (χ1v) is 9.93. The Morgan fingerprint density at radius 3 is 2.57 bits per heavy atom. The Balaban J connectivity index is 1.68. The van der Waals surface area contributed by atoms with Crippen LogP contribution in [0.3, 0.4) is 0 Å². The zero-order chi connectivity index (χ0) is 19.9. The van der Waals surface area contributed by atoms with Crippen LogP contribution in [0.1, 0.15) is 37.3 Å². The van der Waals surface area contributed by atoms with Gasteiger partial charge in [-0.05, 0) is 57.0 Å². The van der Waals surface area contributed by atoms with Gasteiger partial charge in [-0.15, -0.1) is 0 Å². The molecule has 2 aromatic rings. The van der Waals surface area contributed by atoms with E-state index < -0.39 is 0 Å². The van der Waals surface area contributed by atoms with Gasteiger partial charge < -0.3 is 10.2 Å². The summed E-state index contributed by atoms with van der Waals surface area (Å²) in [5, 5.41) is 12.1. The smallest absolute Gasteiger partial charge is 0.241 e. The van der Waals surface area contributed by atoms with Crippen molar-refractivity contribution in [3.63, 3.8) is 0 Å². The van der Waals surface area contributed by atoms with Gasteiger partial charge in [0, 0.05) is 25.3 Å². The molecular formula is C23H28N4O. The number of piperidine rings is 1. The lowest BCUT2D eigenvalue weighted by atomic mass is 10.1. The molecule has 1 saturated heterocycles. The summed E-state index contributed by atoms with van der Waals surface area (Å²) in [4.78, 5) is 17.2. The summed E-state index contributed by atoms with van der Waals surface area (Å²) < 4.78 is 0. The van der Waals surface area contributed by atoms with Crippen LogP contribution in [0.2, 0.25) is 0 Å². The molecule has 3 rings (SSSR count). The quantitative estimate of drug-likeness (QED) is 0.828. The summed E-state index contributed by atoms with van der Waals surface area (Å²) in [5.74, 6) is -0.111. The van der Waals surface area contributed by atoms with E-state index in [9.17, 15) is 10.1 Å². The van der Waals surface area contributed by atoms with E-state index in [1.807, 2.05) is 24.9 Å². The van der Waals surface area contributed by atoms with E-state index in [0.717, 1.165) is 13.1 Å². The second-order valence-corrected chi connectivity index (χ2v) is 7.41. The Kier molecular flexibility index (Phi) is 6.67. The average molecular weight is 377 g/mol. The van der Waals surface area contributed by atoms with Crippen LogP contribution in [0, 0.1) is 11.3 Å². The standard InChI is InChI=1S/C23H28N4O/c1-18(23(28)25-21-12-6-4-10-19(21)16-24)26(2)17-20-11-5-7-13-22(20)27-14-8-3-9-15-27/h4-7,10-13,18H,3,8-9,14-15,17H2,1-2H3,(H,25,28)/t18-/m1/s1. The van der Waals surface area contributed by atoms with Gasteiger partial charge in [0.15, 0.2) is 0 Å². The normalized spacial score (nSPS) is 15.1. The van der Waals surface area contributed by atoms with Gasteiger partial charge in [-0.25, -0.2) is 0 Å². The van der Waals surface area contributed by atoms with Crippen LogP contribution in [0.25, 0.3) is 0 Å². The minimum atomic E-state index is -0.318. The first-order chi connectivity index (χ1) is 13.6. The lowest BCUT2D eigenvalue weighted by molar-refractivity contribution is -0.120. The number of carbonyl (C=O) groups is 1. The van der Waals surface area contributed by atoms with Crippen LogP contribution >= 0.6 is 0 Å². The van der Waals surface area contributed by atoms with Crippen LogP contribution < -0.4 is 10.2 Å². The number of carbonyl (C=O) groups excluding carboxylic acids is 1. The molecule has 1 N–H and O–H groups in total. The zero-order valence-electron chi connectivity index (χ0n) is 16.7. The Labute approximate surface area is 167 Å². The van der Waals surface area contributed by atoms with E-state index >= 15 is 0 Å². The molecule has 0 spiro atoms. The molecule has 1 aliphatic heterocycles. The predicted molar refractivity (Wildman–Crippen MR) is 113 cm³/mol. The Hall–Kier alpha value is -2.84. The first kappa shape index (κ1) is 19.9. The van der Waals surface area contributed by atoms with Crippen LogP contribution in [0.4, 0.5) is 11.4 Å². The molecule has 5 nitrogen and oxygen atoms in total. The molecule has 1 aliphatic rings. The molecule has 1 amide bonds. The molecule has 0 bridgehead atoms. The highest BCUT2D eigenvalue weighted by atomic mass is 16.2. The third-order valence-corrected chi connectivity index (χ3v) is 5.45. The number of anilines is 2. The fourth-order valence-electron chi connectivity index (χ4n) is 3.62. The Morgan fingerprint density at radius 1 is 1.14 bits per heavy atom. The Bertz CT molecular complexity index is 852. The van der Waals surface area contributed by atoms with Crippen molar-refractivity contribution in [1.29, 1.82) is 5.26 Å². The fraction of sp³-hybridized carbons (Fsp3) is 0.391. The second-order valence-electron chi connectivity index (χ2n) is 7.41. The summed E-state index contributed by atoms with van der Waals surface area (Å²) in [7, 11) is 1.97. The van der Waals surface area contributed by atoms with Gasteiger partial charge in [0.2, 0.25) is 5.91 Å². The molecule has 146 valence electrons. The zero-order valence-corrected chi connectivity index (χ0v) is 16.7. The van der Waals surface area contributed by atoms with Crippen molar-refractivity contribution in [3.05, 3.63) is 59.7 Å². The third kappa shape index (κ3) is 4.71. The minimum Gasteiger partial charge on any atom is -0.371 e. The lowest BCUT2D eigenvalue weighted by Gasteiger charge is -2.32. The number of amides is 1. The van der Waals surface area contributed by atoms with Crippen molar-refractivity contribution in [2.75, 3.05) is 30.4 Å². The van der Waals surface area contributed by atoms with Crippen LogP contribution in [-0.2, 0) is 11.3 Å². The maximum atomic E-state index is 12.7. The molecule has 1 fully saturated rings. The van der Waals surface area contributed by atoms with E-state index in [0.29, 0.717) is 17.8 Å². The van der Waals surface area contributed by atoms with E-state index in [2.05, 4.69) is 40.6 Å². The van der Waals surface area contributed by atoms with Crippen molar-refractivity contribution in [1.82, 2.24) is 4.90 Å². The maximum absolute atomic E-state index is 12.7. The molecule has 1 atom stereocenters. The monoisotopic (exact) mass is 376 g/mol. The minimum absolute atomic E-state index is 0.111. The predicted octanol–water partition coefficient (Wildman–Crippen LogP) is 4.01. The van der Waals surface area contributed by atoms with E-state index in [4.69, 9.17) is 0 Å². The number of hydrogen-bond donors (Lipinski definition) is 1. The number of likely N-dealkylation sites (N-methyl/N-ethyl adjacent to an activating group) is 1. The van der Waals surface area contributed by atoms with Crippen molar-refractivity contribution in [3.8, 4) is 6.07 Å². The van der Waals surface area contributed by atoms with Gasteiger partial charge in [0.25, 0.3) is 0 Å². The van der Waals surface area contributed by atoms with Gasteiger partial charge in [-0.3, -0.25) is 9.69 Å². The Morgan fingerprint density at radius 2 is 1.82 bits per heavy atom. The molecule has 0 radical (unpaired) electrons. The summed E-state index contributed by atoms with van der Waals surface area (Å²) >= 11 is 0. The van der Waals surface area contributed by atoms with E-state index in [-0.39, 0.29) is 11.9 Å². The maximum Gasteiger partial charge on any atom is 0.241 e. The molecule has 5 heteroatoms. The number of hydrogen-bond acceptors (Lipinski definition) is 4. The van der Waals surface area contributed by atoms with Gasteiger partial charge in [-0.2, -0.15) is 5.26 Å². The van der Waals surface area contributed by atoms with E-state index in [1.54, 1.807) is 18.2 Å². The number of nitriles is 1. The van der Waals surface area contributed by atoms with Crippen LogP contribution in [0.15, 0.2) is 48.5 Å². The van der Waals surface area contributed by atoms with Gasteiger partial charge in [-0.1, -0.05) is 30.3 Å². The fourth-order valence-corrected chi connectivity index (χ4v) is 3.62. The van der Waals surface area contributed by atoms with Gasteiger partial charge in [0.05, 0.1) is 17.3 Å². The molecule has 0 unspecified atom stereocenters. The topological polar surface area (TPSA) is 59.4 Å². The largest absolute Gasteiger partial charge is 0.371 e.